The molecule has 6 atom stereocenters. The molecule has 1 saturated heterocycles. The molecule has 1 heterocycles. The quantitative estimate of drug-likeness (QED) is 0.423. The highest BCUT2D eigenvalue weighted by molar-refractivity contribution is 7.90. The summed E-state index contributed by atoms with van der Waals surface area (Å²) >= 11 is 6.29. The highest BCUT2D eigenvalue weighted by Gasteiger charge is 2.46. The van der Waals surface area contributed by atoms with Crippen LogP contribution in [0.5, 0.6) is 0 Å². The molecule has 3 N–H and O–H groups in total. The van der Waals surface area contributed by atoms with Gasteiger partial charge in [-0.05, 0) is 45.1 Å². The molecule has 0 aromatic carbocycles. The largest absolute Gasteiger partial charge is 0.300 e. The van der Waals surface area contributed by atoms with Gasteiger partial charge in [0.25, 0.3) is 0 Å². The van der Waals surface area contributed by atoms with Gasteiger partial charge in [0.2, 0.25) is 15.9 Å². The molecule has 3 aliphatic rings. The number of carbonyl (C=O) groups excluding carboxylic acids is 1. The van der Waals surface area contributed by atoms with Crippen LogP contribution in [-0.2, 0) is 14.8 Å². The second-order valence-electron chi connectivity index (χ2n) is 8.68. The smallest absolute Gasteiger partial charge is 0.241 e. The maximum Gasteiger partial charge on any atom is 0.241 e. The van der Waals surface area contributed by atoms with Gasteiger partial charge in [0.1, 0.15) is 6.17 Å². The van der Waals surface area contributed by atoms with Crippen LogP contribution in [0.25, 0.3) is 0 Å². The number of nitrogens with one attached hydrogen (secondary N) is 3. The minimum atomic E-state index is -3.65. The third-order valence-corrected chi connectivity index (χ3v) is 9.07. The lowest BCUT2D eigenvalue weighted by Gasteiger charge is -2.40. The van der Waals surface area contributed by atoms with Gasteiger partial charge in [-0.2, -0.15) is 0 Å². The van der Waals surface area contributed by atoms with E-state index in [1.807, 2.05) is 0 Å². The normalized spacial score (nSPS) is 37.5. The number of likely N-dealkylation sites (N-methyl/N-ethyl adjacent to an activating group) is 1. The van der Waals surface area contributed by atoms with Crippen molar-refractivity contribution in [1.29, 1.82) is 0 Å². The van der Waals surface area contributed by atoms with Gasteiger partial charge in [-0.3, -0.25) is 15.1 Å². The van der Waals surface area contributed by atoms with Crippen molar-refractivity contribution in [2.75, 3.05) is 13.1 Å². The van der Waals surface area contributed by atoms with Crippen molar-refractivity contribution in [3.05, 3.63) is 0 Å². The van der Waals surface area contributed by atoms with E-state index in [9.17, 15) is 17.6 Å². The number of hydrazine groups is 1. The number of rotatable bonds is 6. The number of carbonyl (C=O) groups is 1. The van der Waals surface area contributed by atoms with Gasteiger partial charge < -0.3 is 5.32 Å². The van der Waals surface area contributed by atoms with E-state index in [-0.39, 0.29) is 18.1 Å². The SMILES string of the molecule is CCN1C(C)NCC1C1CC(Cl)C(F)C(C(=O)NNS(=O)(=O)C2CCCCC2)C1. The number of hydrogen-bond donors (Lipinski definition) is 3. The number of nitrogens with zero attached hydrogens (tertiary/aromatic N) is 1. The van der Waals surface area contributed by atoms with E-state index in [0.29, 0.717) is 25.7 Å². The standard InChI is InChI=1S/C19H34ClFN4O3S/c1-3-25-12(2)22-11-17(25)13-9-15(18(21)16(20)10-13)19(26)23-24-29(27,28)14-7-5-4-6-8-14/h12-18,22,24H,3-11H2,1-2H3,(H,23,26). The molecule has 0 bridgehead atoms. The number of amides is 1. The summed E-state index contributed by atoms with van der Waals surface area (Å²) in [6, 6.07) is 0.193. The fraction of sp³-hybridized carbons (Fsp3) is 0.947. The molecular weight excluding hydrogens is 419 g/mol. The zero-order chi connectivity index (χ0) is 21.2. The van der Waals surface area contributed by atoms with E-state index in [0.717, 1.165) is 32.4 Å². The summed E-state index contributed by atoms with van der Waals surface area (Å²) in [6.45, 7) is 5.81. The van der Waals surface area contributed by atoms with Gasteiger partial charge >= 0.3 is 0 Å². The van der Waals surface area contributed by atoms with Crippen molar-refractivity contribution in [2.24, 2.45) is 11.8 Å². The number of sulfonamides is 1. The molecule has 1 amide bonds. The molecule has 0 spiro atoms. The zero-order valence-electron chi connectivity index (χ0n) is 17.2. The maximum absolute atomic E-state index is 14.8. The minimum absolute atomic E-state index is 0.0765. The third-order valence-electron chi connectivity index (χ3n) is 6.91. The molecule has 2 aliphatic carbocycles. The summed E-state index contributed by atoms with van der Waals surface area (Å²) in [5, 5.41) is 2.16. The van der Waals surface area contributed by atoms with E-state index < -0.39 is 38.6 Å². The van der Waals surface area contributed by atoms with Gasteiger partial charge in [0, 0.05) is 12.6 Å². The van der Waals surface area contributed by atoms with Gasteiger partial charge in [-0.25, -0.2) is 12.8 Å². The van der Waals surface area contributed by atoms with E-state index in [2.05, 4.69) is 34.3 Å². The molecule has 0 aromatic heterocycles. The molecular formula is C19H34ClFN4O3S. The molecule has 10 heteroatoms. The number of hydrogen-bond acceptors (Lipinski definition) is 5. The first-order valence-electron chi connectivity index (χ1n) is 10.8. The molecule has 1 aliphatic heterocycles. The van der Waals surface area contributed by atoms with Gasteiger partial charge in [0.05, 0.1) is 22.7 Å². The van der Waals surface area contributed by atoms with E-state index in [4.69, 9.17) is 11.6 Å². The summed E-state index contributed by atoms with van der Waals surface area (Å²) < 4.78 is 39.7. The van der Waals surface area contributed by atoms with Crippen molar-refractivity contribution in [3.8, 4) is 0 Å². The van der Waals surface area contributed by atoms with Crippen molar-refractivity contribution < 1.29 is 17.6 Å². The first-order valence-corrected chi connectivity index (χ1v) is 12.8. The molecule has 0 radical (unpaired) electrons. The van der Waals surface area contributed by atoms with Crippen LogP contribution in [-0.4, -0.2) is 61.3 Å². The fourth-order valence-electron chi connectivity index (χ4n) is 5.22. The lowest BCUT2D eigenvalue weighted by molar-refractivity contribution is -0.129. The van der Waals surface area contributed by atoms with Crippen molar-refractivity contribution >= 4 is 27.5 Å². The van der Waals surface area contributed by atoms with Gasteiger partial charge in [-0.15, -0.1) is 16.4 Å². The lowest BCUT2D eigenvalue weighted by atomic mass is 9.76. The summed E-state index contributed by atoms with van der Waals surface area (Å²) in [4.78, 5) is 17.2. The molecule has 6 unspecified atom stereocenters. The van der Waals surface area contributed by atoms with Gasteiger partial charge in [-0.1, -0.05) is 26.2 Å². The average molecular weight is 453 g/mol. The molecule has 3 fully saturated rings. The Bertz CT molecular complexity index is 676. The van der Waals surface area contributed by atoms with Crippen LogP contribution < -0.4 is 15.6 Å². The zero-order valence-corrected chi connectivity index (χ0v) is 18.8. The molecule has 0 aromatic rings. The highest BCUT2D eigenvalue weighted by Crippen LogP contribution is 2.39. The summed E-state index contributed by atoms with van der Waals surface area (Å²) in [7, 11) is -3.65. The Balaban J connectivity index is 1.62. The van der Waals surface area contributed by atoms with Gasteiger partial charge in [0.15, 0.2) is 0 Å². The monoisotopic (exact) mass is 452 g/mol. The second kappa shape index (κ2) is 9.77. The molecule has 2 saturated carbocycles. The van der Waals surface area contributed by atoms with Crippen molar-refractivity contribution in [3.63, 3.8) is 0 Å². The Hall–Kier alpha value is -0.480. The molecule has 3 rings (SSSR count). The van der Waals surface area contributed by atoms with Crippen molar-refractivity contribution in [2.45, 2.75) is 87.8 Å². The molecule has 29 heavy (non-hydrogen) atoms. The Morgan fingerprint density at radius 2 is 1.93 bits per heavy atom. The number of alkyl halides is 2. The topological polar surface area (TPSA) is 90.5 Å². The predicted molar refractivity (Wildman–Crippen MR) is 111 cm³/mol. The highest BCUT2D eigenvalue weighted by atomic mass is 35.5. The molecule has 168 valence electrons. The van der Waals surface area contributed by atoms with Crippen LogP contribution in [0, 0.1) is 11.8 Å². The first kappa shape index (κ1) is 23.2. The van der Waals surface area contributed by atoms with Crippen LogP contribution in [0.3, 0.4) is 0 Å². The number of halogens is 2. The summed E-state index contributed by atoms with van der Waals surface area (Å²) in [6.07, 6.45) is 3.56. The Labute approximate surface area is 178 Å². The second-order valence-corrected chi connectivity index (χ2v) is 11.2. The lowest BCUT2D eigenvalue weighted by Crippen LogP contribution is -2.53. The third kappa shape index (κ3) is 5.23. The minimum Gasteiger partial charge on any atom is -0.300 e. The molecule has 7 nitrogen and oxygen atoms in total. The Kier molecular flexibility index (Phi) is 7.81. The van der Waals surface area contributed by atoms with Crippen LogP contribution in [0.1, 0.15) is 58.8 Å². The first-order chi connectivity index (χ1) is 13.7. The van der Waals surface area contributed by atoms with Crippen LogP contribution >= 0.6 is 11.6 Å². The van der Waals surface area contributed by atoms with Crippen LogP contribution in [0.15, 0.2) is 0 Å². The average Bonchev–Trinajstić information content (AvgIpc) is 3.09. The fourth-order valence-corrected chi connectivity index (χ4v) is 6.99. The maximum atomic E-state index is 14.8. The van der Waals surface area contributed by atoms with Crippen molar-refractivity contribution in [1.82, 2.24) is 20.5 Å². The van der Waals surface area contributed by atoms with Crippen LogP contribution in [0.2, 0.25) is 0 Å². The van der Waals surface area contributed by atoms with E-state index >= 15 is 0 Å². The summed E-state index contributed by atoms with van der Waals surface area (Å²) in [5.74, 6) is -1.51. The predicted octanol–water partition coefficient (Wildman–Crippen LogP) is 1.88. The van der Waals surface area contributed by atoms with E-state index in [1.165, 1.54) is 0 Å². The Morgan fingerprint density at radius 3 is 2.59 bits per heavy atom. The summed E-state index contributed by atoms with van der Waals surface area (Å²) in [5.41, 5.74) is 2.28. The Morgan fingerprint density at radius 1 is 1.24 bits per heavy atom. The van der Waals surface area contributed by atoms with Crippen LogP contribution in [0.4, 0.5) is 4.39 Å². The van der Waals surface area contributed by atoms with E-state index in [1.54, 1.807) is 0 Å².